The molecule has 19 heavy (non-hydrogen) atoms. The lowest BCUT2D eigenvalue weighted by molar-refractivity contribution is -0.146. The second kappa shape index (κ2) is 6.89. The lowest BCUT2D eigenvalue weighted by Crippen LogP contribution is -2.47. The number of likely N-dealkylation sites (tertiary alicyclic amines) is 1. The van der Waals surface area contributed by atoms with Crippen LogP contribution in [0.3, 0.4) is 0 Å². The predicted molar refractivity (Wildman–Crippen MR) is 73.6 cm³/mol. The maximum absolute atomic E-state index is 12.1. The van der Waals surface area contributed by atoms with Crippen molar-refractivity contribution in [2.45, 2.75) is 46.2 Å². The van der Waals surface area contributed by atoms with E-state index in [0.29, 0.717) is 6.54 Å². The number of nitrogens with one attached hydrogen (secondary N) is 1. The van der Waals surface area contributed by atoms with Crippen molar-refractivity contribution in [3.63, 3.8) is 0 Å². The van der Waals surface area contributed by atoms with Crippen LogP contribution in [-0.2, 0) is 14.3 Å². The Bertz CT molecular complexity index is 333. The van der Waals surface area contributed by atoms with Crippen LogP contribution in [0.15, 0.2) is 0 Å². The molecule has 0 radical (unpaired) electrons. The van der Waals surface area contributed by atoms with Crippen LogP contribution in [0.25, 0.3) is 0 Å². The first kappa shape index (κ1) is 16.0. The van der Waals surface area contributed by atoms with E-state index in [4.69, 9.17) is 4.74 Å². The average molecular weight is 270 g/mol. The van der Waals surface area contributed by atoms with Crippen LogP contribution in [0.2, 0.25) is 0 Å². The van der Waals surface area contributed by atoms with E-state index in [0.717, 1.165) is 13.0 Å². The fourth-order valence-electron chi connectivity index (χ4n) is 2.41. The van der Waals surface area contributed by atoms with Crippen molar-refractivity contribution < 1.29 is 14.3 Å². The summed E-state index contributed by atoms with van der Waals surface area (Å²) in [6, 6.07) is -0.0162. The molecule has 0 spiro atoms. The van der Waals surface area contributed by atoms with Gasteiger partial charge < -0.3 is 10.1 Å². The zero-order valence-corrected chi connectivity index (χ0v) is 12.6. The number of amides is 1. The van der Waals surface area contributed by atoms with Crippen molar-refractivity contribution in [2.24, 2.45) is 11.8 Å². The predicted octanol–water partition coefficient (Wildman–Crippen LogP) is 1.03. The van der Waals surface area contributed by atoms with Gasteiger partial charge in [-0.2, -0.15) is 0 Å². The second-order valence-electron chi connectivity index (χ2n) is 5.55. The number of nitrogens with zero attached hydrogens (tertiary/aromatic N) is 1. The van der Waals surface area contributed by atoms with Crippen molar-refractivity contribution in [1.82, 2.24) is 10.2 Å². The van der Waals surface area contributed by atoms with E-state index in [9.17, 15) is 9.59 Å². The molecule has 1 heterocycles. The third-order valence-electron chi connectivity index (χ3n) is 4.07. The van der Waals surface area contributed by atoms with Crippen LogP contribution in [0.1, 0.15) is 34.1 Å². The Labute approximate surface area is 115 Å². The van der Waals surface area contributed by atoms with Crippen molar-refractivity contribution in [3.05, 3.63) is 0 Å². The van der Waals surface area contributed by atoms with Crippen molar-refractivity contribution in [2.75, 3.05) is 20.2 Å². The first-order valence-corrected chi connectivity index (χ1v) is 7.02. The smallest absolute Gasteiger partial charge is 0.310 e. The Balaban J connectivity index is 2.57. The van der Waals surface area contributed by atoms with Gasteiger partial charge in [0.1, 0.15) is 0 Å². The number of carbonyl (C=O) groups is 2. The van der Waals surface area contributed by atoms with E-state index >= 15 is 0 Å². The van der Waals surface area contributed by atoms with E-state index in [1.165, 1.54) is 7.11 Å². The van der Waals surface area contributed by atoms with Gasteiger partial charge in [0.15, 0.2) is 0 Å². The third-order valence-corrected chi connectivity index (χ3v) is 4.07. The molecular weight excluding hydrogens is 244 g/mol. The van der Waals surface area contributed by atoms with Gasteiger partial charge in [0.2, 0.25) is 5.91 Å². The minimum absolute atomic E-state index is 0.0343. The molecule has 5 heteroatoms. The molecule has 1 fully saturated rings. The summed E-state index contributed by atoms with van der Waals surface area (Å²) in [6.07, 6.45) is 0.916. The standard InChI is InChI=1S/C14H26N2O3/c1-6-10(3)15-13(17)11(4)16-7-9(2)12(8-16)14(18)19-5/h9-12H,6-8H2,1-5H3,(H,15,17). The number of ether oxygens (including phenoxy) is 1. The summed E-state index contributed by atoms with van der Waals surface area (Å²) >= 11 is 0. The topological polar surface area (TPSA) is 58.6 Å². The Hall–Kier alpha value is -1.10. The number of hydrogen-bond acceptors (Lipinski definition) is 4. The Kier molecular flexibility index (Phi) is 5.79. The molecular formula is C14H26N2O3. The molecule has 1 amide bonds. The highest BCUT2D eigenvalue weighted by Gasteiger charge is 2.38. The molecule has 0 bridgehead atoms. The van der Waals surface area contributed by atoms with E-state index < -0.39 is 0 Å². The number of esters is 1. The minimum Gasteiger partial charge on any atom is -0.469 e. The summed E-state index contributed by atoms with van der Waals surface area (Å²) in [7, 11) is 1.41. The van der Waals surface area contributed by atoms with Crippen LogP contribution in [0.4, 0.5) is 0 Å². The molecule has 0 aromatic heterocycles. The number of methoxy groups -OCH3 is 1. The molecule has 1 N–H and O–H groups in total. The molecule has 0 aliphatic carbocycles. The quantitative estimate of drug-likeness (QED) is 0.758. The first-order valence-electron chi connectivity index (χ1n) is 7.02. The van der Waals surface area contributed by atoms with Crippen LogP contribution in [0.5, 0.6) is 0 Å². The maximum atomic E-state index is 12.1. The Morgan fingerprint density at radius 3 is 2.53 bits per heavy atom. The molecule has 4 unspecified atom stereocenters. The zero-order chi connectivity index (χ0) is 14.6. The summed E-state index contributed by atoms with van der Waals surface area (Å²) in [5, 5.41) is 2.98. The normalized spacial score (nSPS) is 26.8. The second-order valence-corrected chi connectivity index (χ2v) is 5.55. The summed E-state index contributed by atoms with van der Waals surface area (Å²) in [5.41, 5.74) is 0. The third kappa shape index (κ3) is 3.93. The fourth-order valence-corrected chi connectivity index (χ4v) is 2.41. The van der Waals surface area contributed by atoms with Gasteiger partial charge in [-0.3, -0.25) is 14.5 Å². The van der Waals surface area contributed by atoms with E-state index in [1.807, 2.05) is 27.7 Å². The largest absolute Gasteiger partial charge is 0.469 e. The van der Waals surface area contributed by atoms with Gasteiger partial charge in [-0.25, -0.2) is 0 Å². The van der Waals surface area contributed by atoms with E-state index in [1.54, 1.807) is 0 Å². The molecule has 5 nitrogen and oxygen atoms in total. The zero-order valence-electron chi connectivity index (χ0n) is 12.6. The van der Waals surface area contributed by atoms with Crippen LogP contribution in [0, 0.1) is 11.8 Å². The van der Waals surface area contributed by atoms with Gasteiger partial charge in [-0.05, 0) is 26.2 Å². The average Bonchev–Trinajstić information content (AvgIpc) is 2.78. The summed E-state index contributed by atoms with van der Waals surface area (Å²) in [4.78, 5) is 25.8. The summed E-state index contributed by atoms with van der Waals surface area (Å²) in [6.45, 7) is 9.32. The SMILES string of the molecule is CCC(C)NC(=O)C(C)N1CC(C)C(C(=O)OC)C1. The van der Waals surface area contributed by atoms with Crippen molar-refractivity contribution >= 4 is 11.9 Å². The highest BCUT2D eigenvalue weighted by Crippen LogP contribution is 2.25. The molecule has 4 atom stereocenters. The highest BCUT2D eigenvalue weighted by atomic mass is 16.5. The van der Waals surface area contributed by atoms with E-state index in [-0.39, 0.29) is 35.8 Å². The molecule has 110 valence electrons. The first-order chi connectivity index (χ1) is 8.90. The molecule has 1 saturated heterocycles. The molecule has 0 saturated carbocycles. The summed E-state index contributed by atoms with van der Waals surface area (Å²) in [5.74, 6) is -0.0354. The molecule has 0 aromatic carbocycles. The van der Waals surface area contributed by atoms with Gasteiger partial charge in [-0.15, -0.1) is 0 Å². The molecule has 1 aliphatic rings. The molecule has 1 aliphatic heterocycles. The van der Waals surface area contributed by atoms with Gasteiger partial charge in [0, 0.05) is 19.1 Å². The number of hydrogen-bond donors (Lipinski definition) is 1. The van der Waals surface area contributed by atoms with E-state index in [2.05, 4.69) is 10.2 Å². The molecule has 0 aromatic rings. The van der Waals surface area contributed by atoms with Crippen molar-refractivity contribution in [1.29, 1.82) is 0 Å². The lowest BCUT2D eigenvalue weighted by Gasteiger charge is -2.24. The van der Waals surface area contributed by atoms with Crippen molar-refractivity contribution in [3.8, 4) is 0 Å². The number of rotatable bonds is 5. The van der Waals surface area contributed by atoms with Gasteiger partial charge >= 0.3 is 5.97 Å². The van der Waals surface area contributed by atoms with Gasteiger partial charge in [0.05, 0.1) is 19.1 Å². The maximum Gasteiger partial charge on any atom is 0.310 e. The van der Waals surface area contributed by atoms with Crippen LogP contribution >= 0.6 is 0 Å². The van der Waals surface area contributed by atoms with Gasteiger partial charge in [0.25, 0.3) is 0 Å². The van der Waals surface area contributed by atoms with Gasteiger partial charge in [-0.1, -0.05) is 13.8 Å². The fraction of sp³-hybridized carbons (Fsp3) is 0.857. The summed E-state index contributed by atoms with van der Waals surface area (Å²) < 4.78 is 4.81. The molecule has 1 rings (SSSR count). The Morgan fingerprint density at radius 1 is 1.37 bits per heavy atom. The van der Waals surface area contributed by atoms with Crippen LogP contribution in [-0.4, -0.2) is 49.1 Å². The minimum atomic E-state index is -0.203. The number of carbonyl (C=O) groups excluding carboxylic acids is 2. The Morgan fingerprint density at radius 2 is 2.00 bits per heavy atom. The monoisotopic (exact) mass is 270 g/mol. The highest BCUT2D eigenvalue weighted by molar-refractivity contribution is 5.82. The van der Waals surface area contributed by atoms with Crippen LogP contribution < -0.4 is 5.32 Å². The lowest BCUT2D eigenvalue weighted by atomic mass is 9.99.